The van der Waals surface area contributed by atoms with E-state index in [-0.39, 0.29) is 0 Å². The minimum absolute atomic E-state index is 0.395. The van der Waals surface area contributed by atoms with Crippen LogP contribution in [0.5, 0.6) is 11.5 Å². The summed E-state index contributed by atoms with van der Waals surface area (Å²) in [6.07, 6.45) is 6.96. The van der Waals surface area contributed by atoms with Crippen molar-refractivity contribution in [2.45, 2.75) is 91.9 Å². The van der Waals surface area contributed by atoms with Crippen molar-refractivity contribution in [3.05, 3.63) is 58.7 Å². The van der Waals surface area contributed by atoms with E-state index >= 15 is 0 Å². The summed E-state index contributed by atoms with van der Waals surface area (Å²) in [7, 11) is 0. The molecule has 2 heteroatoms. The van der Waals surface area contributed by atoms with Crippen molar-refractivity contribution in [3.8, 4) is 11.5 Å². The van der Waals surface area contributed by atoms with E-state index in [2.05, 4.69) is 65.8 Å². The van der Waals surface area contributed by atoms with Gasteiger partial charge in [-0.25, -0.2) is 0 Å². The van der Waals surface area contributed by atoms with Crippen molar-refractivity contribution in [2.75, 3.05) is 0 Å². The van der Waals surface area contributed by atoms with Gasteiger partial charge in [-0.15, -0.1) is 0 Å². The second kappa shape index (κ2) is 11.1. The first-order valence-corrected chi connectivity index (χ1v) is 11.1. The second-order valence-corrected chi connectivity index (χ2v) is 8.34. The highest BCUT2D eigenvalue weighted by molar-refractivity contribution is 5.44. The summed E-state index contributed by atoms with van der Waals surface area (Å²) < 4.78 is 0. The van der Waals surface area contributed by atoms with Crippen molar-refractivity contribution in [2.24, 2.45) is 0 Å². The zero-order chi connectivity index (χ0) is 20.5. The second-order valence-electron chi connectivity index (χ2n) is 8.34. The summed E-state index contributed by atoms with van der Waals surface area (Å²) in [6.45, 7) is 13.4. The monoisotopic (exact) mass is 382 g/mol. The highest BCUT2D eigenvalue weighted by Gasteiger charge is 2.17. The Balaban J connectivity index is 2.28. The zero-order valence-electron chi connectivity index (χ0n) is 18.7. The number of rotatable bonds is 11. The molecule has 0 aliphatic carbocycles. The number of aryl methyl sites for hydroxylation is 2. The predicted molar refractivity (Wildman–Crippen MR) is 120 cm³/mol. The fourth-order valence-corrected chi connectivity index (χ4v) is 3.90. The van der Waals surface area contributed by atoms with Crippen LogP contribution in [0.15, 0.2) is 36.4 Å². The van der Waals surface area contributed by atoms with Gasteiger partial charge in [-0.2, -0.15) is 0 Å². The lowest BCUT2D eigenvalue weighted by molar-refractivity contribution is -0.102. The van der Waals surface area contributed by atoms with Crippen LogP contribution in [-0.4, -0.2) is 0 Å². The van der Waals surface area contributed by atoms with E-state index < -0.39 is 0 Å². The van der Waals surface area contributed by atoms with Gasteiger partial charge in [0.15, 0.2) is 11.5 Å². The van der Waals surface area contributed by atoms with Gasteiger partial charge in [0.25, 0.3) is 0 Å². The van der Waals surface area contributed by atoms with E-state index in [0.29, 0.717) is 11.8 Å². The summed E-state index contributed by atoms with van der Waals surface area (Å²) in [5.74, 6) is 2.48. The third-order valence-corrected chi connectivity index (χ3v) is 5.29. The van der Waals surface area contributed by atoms with Crippen LogP contribution in [0.4, 0.5) is 0 Å². The van der Waals surface area contributed by atoms with E-state index in [4.69, 9.17) is 9.78 Å². The number of benzene rings is 2. The normalized spacial score (nSPS) is 11.3. The maximum Gasteiger partial charge on any atom is 0.182 e. The molecule has 0 unspecified atom stereocenters. The molecular formula is C26H38O2. The zero-order valence-corrected chi connectivity index (χ0v) is 18.7. The van der Waals surface area contributed by atoms with E-state index in [9.17, 15) is 0 Å². The lowest BCUT2D eigenvalue weighted by Gasteiger charge is -2.20. The molecule has 0 heterocycles. The fourth-order valence-electron chi connectivity index (χ4n) is 3.90. The van der Waals surface area contributed by atoms with Gasteiger partial charge in [-0.05, 0) is 60.8 Å². The van der Waals surface area contributed by atoms with Crippen LogP contribution < -0.4 is 9.78 Å². The maximum atomic E-state index is 5.96. The van der Waals surface area contributed by atoms with Gasteiger partial charge >= 0.3 is 0 Å². The third-order valence-electron chi connectivity index (χ3n) is 5.29. The molecule has 154 valence electrons. The van der Waals surface area contributed by atoms with Crippen LogP contribution in [0.1, 0.15) is 101 Å². The van der Waals surface area contributed by atoms with Crippen LogP contribution in [0.3, 0.4) is 0 Å². The standard InChI is InChI=1S/C26H38O2/c1-7-9-13-21-15-11-17-23(25(21)19(3)4)27-28-24-18-12-16-22(14-10-8-2)26(24)20(5)6/h11-12,15-20H,7-10,13-14H2,1-6H3. The lowest BCUT2D eigenvalue weighted by Crippen LogP contribution is -2.09. The molecule has 0 bridgehead atoms. The topological polar surface area (TPSA) is 18.5 Å². The van der Waals surface area contributed by atoms with E-state index in [1.54, 1.807) is 0 Å². The Morgan fingerprint density at radius 2 is 1.04 bits per heavy atom. The van der Waals surface area contributed by atoms with E-state index in [1.807, 2.05) is 12.1 Å². The van der Waals surface area contributed by atoms with Crippen molar-refractivity contribution < 1.29 is 9.78 Å². The molecule has 0 amide bonds. The summed E-state index contributed by atoms with van der Waals surface area (Å²) >= 11 is 0. The summed E-state index contributed by atoms with van der Waals surface area (Å²) in [6, 6.07) is 12.7. The molecule has 0 aliphatic rings. The van der Waals surface area contributed by atoms with E-state index in [0.717, 1.165) is 24.3 Å². The number of unbranched alkanes of at least 4 members (excludes halogenated alkanes) is 2. The summed E-state index contributed by atoms with van der Waals surface area (Å²) in [5.41, 5.74) is 5.28. The molecule has 0 atom stereocenters. The molecule has 0 spiro atoms. The maximum absolute atomic E-state index is 5.96. The van der Waals surface area contributed by atoms with Crippen molar-refractivity contribution >= 4 is 0 Å². The van der Waals surface area contributed by atoms with Gasteiger partial charge in [0.05, 0.1) is 0 Å². The lowest BCUT2D eigenvalue weighted by atomic mass is 9.93. The van der Waals surface area contributed by atoms with Crippen LogP contribution in [0, 0.1) is 0 Å². The Morgan fingerprint density at radius 1 is 0.643 bits per heavy atom. The minimum Gasteiger partial charge on any atom is -0.290 e. The quantitative estimate of drug-likeness (QED) is 0.289. The Morgan fingerprint density at radius 3 is 1.36 bits per heavy atom. The molecule has 2 rings (SSSR count). The molecule has 0 saturated heterocycles. The molecule has 2 aromatic rings. The summed E-state index contributed by atoms with van der Waals surface area (Å²) in [5, 5.41) is 0. The van der Waals surface area contributed by atoms with Crippen LogP contribution in [0.25, 0.3) is 0 Å². The van der Waals surface area contributed by atoms with Crippen LogP contribution in [0.2, 0.25) is 0 Å². The fraction of sp³-hybridized carbons (Fsp3) is 0.538. The molecule has 0 aromatic heterocycles. The van der Waals surface area contributed by atoms with Gasteiger partial charge in [0.2, 0.25) is 0 Å². The third kappa shape index (κ3) is 5.77. The van der Waals surface area contributed by atoms with Crippen molar-refractivity contribution in [1.29, 1.82) is 0 Å². The van der Waals surface area contributed by atoms with Gasteiger partial charge in [-0.3, -0.25) is 9.78 Å². The smallest absolute Gasteiger partial charge is 0.182 e. The van der Waals surface area contributed by atoms with Gasteiger partial charge in [0, 0.05) is 11.1 Å². The molecule has 0 saturated carbocycles. The average Bonchev–Trinajstić information content (AvgIpc) is 2.68. The first-order valence-electron chi connectivity index (χ1n) is 11.1. The summed E-state index contributed by atoms with van der Waals surface area (Å²) in [4.78, 5) is 11.9. The Kier molecular flexibility index (Phi) is 8.89. The highest BCUT2D eigenvalue weighted by atomic mass is 17.2. The number of hydrogen-bond donors (Lipinski definition) is 0. The molecule has 2 aromatic carbocycles. The SMILES string of the molecule is CCCCc1cccc(OOc2cccc(CCCC)c2C(C)C)c1C(C)C. The van der Waals surface area contributed by atoms with E-state index in [1.165, 1.54) is 47.9 Å². The predicted octanol–water partition coefficient (Wildman–Crippen LogP) is 7.99. The Hall–Kier alpha value is -1.96. The minimum atomic E-state index is 0.395. The molecular weight excluding hydrogens is 344 g/mol. The molecule has 0 radical (unpaired) electrons. The Labute approximate surface area is 172 Å². The first-order chi connectivity index (χ1) is 13.5. The molecule has 0 N–H and O–H groups in total. The average molecular weight is 383 g/mol. The van der Waals surface area contributed by atoms with Gasteiger partial charge in [-0.1, -0.05) is 78.6 Å². The highest BCUT2D eigenvalue weighted by Crippen LogP contribution is 2.34. The van der Waals surface area contributed by atoms with Gasteiger partial charge < -0.3 is 0 Å². The van der Waals surface area contributed by atoms with Crippen molar-refractivity contribution in [1.82, 2.24) is 0 Å². The first kappa shape index (κ1) is 22.3. The molecule has 0 fully saturated rings. The molecule has 0 aliphatic heterocycles. The number of hydrogen-bond acceptors (Lipinski definition) is 2. The Bertz CT molecular complexity index is 668. The van der Waals surface area contributed by atoms with Gasteiger partial charge in [0.1, 0.15) is 0 Å². The molecule has 28 heavy (non-hydrogen) atoms. The largest absolute Gasteiger partial charge is 0.290 e. The van der Waals surface area contributed by atoms with Crippen LogP contribution in [-0.2, 0) is 12.8 Å². The van der Waals surface area contributed by atoms with Crippen LogP contribution >= 0.6 is 0 Å². The van der Waals surface area contributed by atoms with Crippen molar-refractivity contribution in [3.63, 3.8) is 0 Å². The molecule has 2 nitrogen and oxygen atoms in total.